The van der Waals surface area contributed by atoms with Crippen molar-refractivity contribution in [2.45, 2.75) is 19.9 Å². The predicted octanol–water partition coefficient (Wildman–Crippen LogP) is 5.69. The molecule has 0 radical (unpaired) electrons. The van der Waals surface area contributed by atoms with E-state index in [1.54, 1.807) is 12.1 Å². The minimum absolute atomic E-state index is 0.0455. The summed E-state index contributed by atoms with van der Waals surface area (Å²) in [4.78, 5) is 26.9. The lowest BCUT2D eigenvalue weighted by molar-refractivity contribution is -0.136. The average molecular weight is 527 g/mol. The second kappa shape index (κ2) is 12.0. The molecule has 0 fully saturated rings. The smallest absolute Gasteiger partial charge is 0.305 e. The van der Waals surface area contributed by atoms with Crippen LogP contribution in [0.1, 0.15) is 33.6 Å². The Morgan fingerprint density at radius 3 is 2.33 bits per heavy atom. The fraction of sp³-hybridized carbons (Fsp3) is 0.133. The number of carboxylic acids is 1. The quantitative estimate of drug-likeness (QED) is 0.258. The number of amides is 1. The first-order valence-electron chi connectivity index (χ1n) is 12.0. The van der Waals surface area contributed by atoms with E-state index in [0.717, 1.165) is 28.8 Å². The number of carbonyl (C=O) groups excluding carboxylic acids is 1. The average Bonchev–Trinajstić information content (AvgIpc) is 2.93. The Hall–Kier alpha value is -5.10. The molecule has 4 aromatic rings. The van der Waals surface area contributed by atoms with Crippen molar-refractivity contribution in [1.82, 2.24) is 10.3 Å². The molecule has 0 aliphatic heterocycles. The largest absolute Gasteiger partial charge is 0.481 e. The number of hydrogen-bond donors (Lipinski definition) is 3. The standard InChI is InChI=1S/C30H24F2N4O3/c1-18-2-4-19(5-3-18)24-8-7-23(12-21(24)15-33)35-17-22-13-26(31)27(32)14-25(22)20-6-9-28(36-16-20)30(39)34-11-10-29(37)38/h2-9,12-14,16,35H,10-11,17H2,1H3,(H,34,39)(H,37,38). The van der Waals surface area contributed by atoms with Gasteiger partial charge in [0, 0.05) is 30.5 Å². The van der Waals surface area contributed by atoms with Gasteiger partial charge in [-0.15, -0.1) is 0 Å². The number of carbonyl (C=O) groups is 2. The van der Waals surface area contributed by atoms with Gasteiger partial charge in [0.2, 0.25) is 0 Å². The molecule has 0 bridgehead atoms. The number of hydrogen-bond acceptors (Lipinski definition) is 5. The summed E-state index contributed by atoms with van der Waals surface area (Å²) in [6, 6.07) is 20.5. The fourth-order valence-electron chi connectivity index (χ4n) is 3.99. The Labute approximate surface area is 223 Å². The van der Waals surface area contributed by atoms with Crippen LogP contribution < -0.4 is 10.6 Å². The van der Waals surface area contributed by atoms with E-state index in [2.05, 4.69) is 21.7 Å². The van der Waals surface area contributed by atoms with Gasteiger partial charge in [-0.1, -0.05) is 42.0 Å². The van der Waals surface area contributed by atoms with Crippen molar-refractivity contribution in [3.8, 4) is 28.3 Å². The van der Waals surface area contributed by atoms with Crippen LogP contribution in [0.4, 0.5) is 14.5 Å². The van der Waals surface area contributed by atoms with Crippen LogP contribution in [0.5, 0.6) is 0 Å². The molecule has 0 aliphatic rings. The molecule has 4 rings (SSSR count). The van der Waals surface area contributed by atoms with Crippen molar-refractivity contribution < 1.29 is 23.5 Å². The summed E-state index contributed by atoms with van der Waals surface area (Å²) in [5, 5.41) is 24.0. The van der Waals surface area contributed by atoms with Crippen LogP contribution in [0.3, 0.4) is 0 Å². The van der Waals surface area contributed by atoms with E-state index in [-0.39, 0.29) is 25.2 Å². The summed E-state index contributed by atoms with van der Waals surface area (Å²) in [5.74, 6) is -3.62. The van der Waals surface area contributed by atoms with Gasteiger partial charge in [-0.25, -0.2) is 8.78 Å². The van der Waals surface area contributed by atoms with Crippen molar-refractivity contribution in [2.24, 2.45) is 0 Å². The number of aryl methyl sites for hydroxylation is 1. The summed E-state index contributed by atoms with van der Waals surface area (Å²) in [7, 11) is 0. The van der Waals surface area contributed by atoms with Gasteiger partial charge in [0.25, 0.3) is 5.91 Å². The number of anilines is 1. The highest BCUT2D eigenvalue weighted by Crippen LogP contribution is 2.29. The highest BCUT2D eigenvalue weighted by Gasteiger charge is 2.14. The zero-order valence-electron chi connectivity index (χ0n) is 21.0. The molecule has 39 heavy (non-hydrogen) atoms. The van der Waals surface area contributed by atoms with Crippen molar-refractivity contribution in [3.05, 3.63) is 107 Å². The van der Waals surface area contributed by atoms with Crippen LogP contribution in [0.2, 0.25) is 0 Å². The normalized spacial score (nSPS) is 10.5. The van der Waals surface area contributed by atoms with Crippen LogP contribution >= 0.6 is 0 Å². The number of nitriles is 1. The number of nitrogens with one attached hydrogen (secondary N) is 2. The molecule has 1 heterocycles. The summed E-state index contributed by atoms with van der Waals surface area (Å²) in [5.41, 5.74) is 5.25. The first kappa shape index (κ1) is 26.9. The lowest BCUT2D eigenvalue weighted by Crippen LogP contribution is -2.26. The fourth-order valence-corrected chi connectivity index (χ4v) is 3.99. The number of halogens is 2. The molecule has 9 heteroatoms. The lowest BCUT2D eigenvalue weighted by atomic mass is 9.98. The van der Waals surface area contributed by atoms with Crippen LogP contribution in [-0.2, 0) is 11.3 Å². The maximum Gasteiger partial charge on any atom is 0.305 e. The van der Waals surface area contributed by atoms with Gasteiger partial charge in [0.05, 0.1) is 18.1 Å². The minimum atomic E-state index is -1.04. The zero-order valence-corrected chi connectivity index (χ0v) is 21.0. The molecule has 3 N–H and O–H groups in total. The van der Waals surface area contributed by atoms with Gasteiger partial charge in [-0.05, 0) is 59.5 Å². The van der Waals surface area contributed by atoms with Gasteiger partial charge < -0.3 is 15.7 Å². The molecule has 0 unspecified atom stereocenters. The van der Waals surface area contributed by atoms with Gasteiger partial charge in [0.1, 0.15) is 5.69 Å². The van der Waals surface area contributed by atoms with E-state index in [0.29, 0.717) is 27.9 Å². The van der Waals surface area contributed by atoms with E-state index < -0.39 is 23.5 Å². The molecule has 3 aromatic carbocycles. The molecule has 0 saturated carbocycles. The highest BCUT2D eigenvalue weighted by molar-refractivity contribution is 5.92. The molecule has 196 valence electrons. The van der Waals surface area contributed by atoms with Crippen LogP contribution in [-0.4, -0.2) is 28.5 Å². The zero-order chi connectivity index (χ0) is 27.9. The van der Waals surface area contributed by atoms with Crippen molar-refractivity contribution in [3.63, 3.8) is 0 Å². The van der Waals surface area contributed by atoms with Gasteiger partial charge in [-0.3, -0.25) is 14.6 Å². The van der Waals surface area contributed by atoms with Crippen LogP contribution in [0, 0.1) is 29.9 Å². The summed E-state index contributed by atoms with van der Waals surface area (Å²) in [6.45, 7) is 2.07. The summed E-state index contributed by atoms with van der Waals surface area (Å²) >= 11 is 0. The van der Waals surface area contributed by atoms with E-state index in [1.807, 2.05) is 43.3 Å². The van der Waals surface area contributed by atoms with E-state index in [1.165, 1.54) is 12.3 Å². The Morgan fingerprint density at radius 1 is 0.949 bits per heavy atom. The number of pyridine rings is 1. The lowest BCUT2D eigenvalue weighted by Gasteiger charge is -2.14. The summed E-state index contributed by atoms with van der Waals surface area (Å²) in [6.07, 6.45) is 1.14. The topological polar surface area (TPSA) is 115 Å². The maximum atomic E-state index is 14.2. The number of aromatic nitrogens is 1. The monoisotopic (exact) mass is 526 g/mol. The molecule has 7 nitrogen and oxygen atoms in total. The highest BCUT2D eigenvalue weighted by atomic mass is 19.2. The van der Waals surface area contributed by atoms with E-state index >= 15 is 0 Å². The van der Waals surface area contributed by atoms with Gasteiger partial charge in [-0.2, -0.15) is 5.26 Å². The van der Waals surface area contributed by atoms with Gasteiger partial charge >= 0.3 is 5.97 Å². The molecule has 1 amide bonds. The first-order valence-corrected chi connectivity index (χ1v) is 12.0. The number of carboxylic acid groups (broad SMARTS) is 1. The molecular weight excluding hydrogens is 502 g/mol. The van der Waals surface area contributed by atoms with Crippen LogP contribution in [0.25, 0.3) is 22.3 Å². The Bertz CT molecular complexity index is 1560. The predicted molar refractivity (Wildman–Crippen MR) is 143 cm³/mol. The number of aliphatic carboxylic acids is 1. The molecule has 0 atom stereocenters. The molecule has 0 spiro atoms. The Kier molecular flexibility index (Phi) is 8.27. The third kappa shape index (κ3) is 6.62. The maximum absolute atomic E-state index is 14.2. The second-order valence-electron chi connectivity index (χ2n) is 8.85. The van der Waals surface area contributed by atoms with Crippen molar-refractivity contribution in [2.75, 3.05) is 11.9 Å². The van der Waals surface area contributed by atoms with Crippen molar-refractivity contribution >= 4 is 17.6 Å². The molecule has 1 aromatic heterocycles. The number of benzene rings is 3. The van der Waals surface area contributed by atoms with Crippen LogP contribution in [0.15, 0.2) is 72.9 Å². The van der Waals surface area contributed by atoms with E-state index in [4.69, 9.17) is 5.11 Å². The van der Waals surface area contributed by atoms with Gasteiger partial charge in [0.15, 0.2) is 11.6 Å². The first-order chi connectivity index (χ1) is 18.7. The Morgan fingerprint density at radius 2 is 1.67 bits per heavy atom. The third-order valence-corrected chi connectivity index (χ3v) is 6.06. The SMILES string of the molecule is Cc1ccc(-c2ccc(NCc3cc(F)c(F)cc3-c3ccc(C(=O)NCCC(=O)O)nc3)cc2C#N)cc1. The second-order valence-corrected chi connectivity index (χ2v) is 8.85. The molecule has 0 saturated heterocycles. The Balaban J connectivity index is 1.54. The number of nitrogens with zero attached hydrogens (tertiary/aromatic N) is 2. The van der Waals surface area contributed by atoms with E-state index in [9.17, 15) is 23.6 Å². The number of rotatable bonds is 9. The van der Waals surface area contributed by atoms with Crippen molar-refractivity contribution in [1.29, 1.82) is 5.26 Å². The minimum Gasteiger partial charge on any atom is -0.481 e. The summed E-state index contributed by atoms with van der Waals surface area (Å²) < 4.78 is 28.4. The molecule has 0 aliphatic carbocycles. The molecular formula is C30H24F2N4O3. The third-order valence-electron chi connectivity index (χ3n) is 6.06.